The van der Waals surface area contributed by atoms with E-state index in [2.05, 4.69) is 20.8 Å². The highest BCUT2D eigenvalue weighted by atomic mass is 16.5. The lowest BCUT2D eigenvalue weighted by Crippen LogP contribution is -2.25. The number of amides is 1. The zero-order valence-corrected chi connectivity index (χ0v) is 15.0. The molecule has 2 aliphatic rings. The van der Waals surface area contributed by atoms with Crippen LogP contribution in [0.3, 0.4) is 0 Å². The van der Waals surface area contributed by atoms with Gasteiger partial charge in [-0.05, 0) is 43.0 Å². The molecule has 1 aromatic carbocycles. The smallest absolute Gasteiger partial charge is 0.276 e. The van der Waals surface area contributed by atoms with Gasteiger partial charge in [0.15, 0.2) is 5.69 Å². The Bertz CT molecular complexity index is 748. The topological polar surface area (TPSA) is 79.0 Å². The molecule has 1 amide bonds. The molecule has 138 valence electrons. The highest BCUT2D eigenvalue weighted by Crippen LogP contribution is 2.25. The Hall–Kier alpha value is -2.34. The van der Waals surface area contributed by atoms with Crippen molar-refractivity contribution in [2.24, 2.45) is 5.92 Å². The second-order valence-corrected chi connectivity index (χ2v) is 7.25. The predicted octanol–water partition coefficient (Wildman–Crippen LogP) is 3.27. The van der Waals surface area contributed by atoms with Gasteiger partial charge in [0.05, 0.1) is 6.61 Å². The second kappa shape index (κ2) is 7.91. The summed E-state index contributed by atoms with van der Waals surface area (Å²) in [5.74, 6) is 1.36. The number of fused-ring (bicyclic) bond motifs is 1. The SMILES string of the molecule is O=C(Nc1ccc(OCC2CCCCC2)cc1)c1n[nH]c2c1CNCC2. The van der Waals surface area contributed by atoms with E-state index in [4.69, 9.17) is 4.74 Å². The Kier molecular flexibility index (Phi) is 5.20. The van der Waals surface area contributed by atoms with Crippen LogP contribution in [0.1, 0.15) is 53.8 Å². The number of aromatic amines is 1. The fourth-order valence-electron chi connectivity index (χ4n) is 3.81. The molecule has 1 aromatic heterocycles. The molecule has 0 bridgehead atoms. The van der Waals surface area contributed by atoms with E-state index < -0.39 is 0 Å². The highest BCUT2D eigenvalue weighted by Gasteiger charge is 2.21. The standard InChI is InChI=1S/C20H26N4O2/c25-20(19-17-12-21-11-10-18(17)23-24-19)22-15-6-8-16(9-7-15)26-13-14-4-2-1-3-5-14/h6-9,14,21H,1-5,10-13H2,(H,22,25)(H,23,24). The number of carbonyl (C=O) groups is 1. The van der Waals surface area contributed by atoms with E-state index in [-0.39, 0.29) is 5.91 Å². The van der Waals surface area contributed by atoms with Gasteiger partial charge >= 0.3 is 0 Å². The van der Waals surface area contributed by atoms with Crippen molar-refractivity contribution >= 4 is 11.6 Å². The maximum atomic E-state index is 12.5. The van der Waals surface area contributed by atoms with Gasteiger partial charge in [-0.2, -0.15) is 5.10 Å². The highest BCUT2D eigenvalue weighted by molar-refractivity contribution is 6.04. The Morgan fingerprint density at radius 3 is 2.81 bits per heavy atom. The van der Waals surface area contributed by atoms with Crippen molar-refractivity contribution in [3.05, 3.63) is 41.2 Å². The van der Waals surface area contributed by atoms with E-state index in [9.17, 15) is 4.79 Å². The number of hydrogen-bond donors (Lipinski definition) is 3. The van der Waals surface area contributed by atoms with Crippen LogP contribution in [0.5, 0.6) is 5.75 Å². The number of hydrogen-bond acceptors (Lipinski definition) is 4. The summed E-state index contributed by atoms with van der Waals surface area (Å²) in [6.07, 6.45) is 7.44. The van der Waals surface area contributed by atoms with Crippen molar-refractivity contribution < 1.29 is 9.53 Å². The first-order valence-corrected chi connectivity index (χ1v) is 9.60. The van der Waals surface area contributed by atoms with Crippen molar-refractivity contribution in [1.29, 1.82) is 0 Å². The molecular formula is C20H26N4O2. The molecule has 26 heavy (non-hydrogen) atoms. The van der Waals surface area contributed by atoms with Gasteiger partial charge in [-0.1, -0.05) is 19.3 Å². The van der Waals surface area contributed by atoms with Crippen LogP contribution < -0.4 is 15.4 Å². The summed E-state index contributed by atoms with van der Waals surface area (Å²) in [7, 11) is 0. The monoisotopic (exact) mass is 354 g/mol. The lowest BCUT2D eigenvalue weighted by Gasteiger charge is -2.21. The first kappa shape index (κ1) is 17.1. The molecule has 0 unspecified atom stereocenters. The zero-order chi connectivity index (χ0) is 17.8. The molecule has 2 heterocycles. The third-order valence-electron chi connectivity index (χ3n) is 5.34. The van der Waals surface area contributed by atoms with E-state index in [0.29, 0.717) is 18.2 Å². The molecule has 0 saturated heterocycles. The normalized spacial score (nSPS) is 17.5. The molecule has 3 N–H and O–H groups in total. The summed E-state index contributed by atoms with van der Waals surface area (Å²) >= 11 is 0. The molecule has 2 aromatic rings. The number of nitrogens with one attached hydrogen (secondary N) is 3. The molecule has 6 nitrogen and oxygen atoms in total. The minimum atomic E-state index is -0.179. The average Bonchev–Trinajstić information content (AvgIpc) is 3.12. The van der Waals surface area contributed by atoms with E-state index >= 15 is 0 Å². The van der Waals surface area contributed by atoms with E-state index in [1.54, 1.807) is 0 Å². The first-order valence-electron chi connectivity index (χ1n) is 9.60. The van der Waals surface area contributed by atoms with Gasteiger partial charge in [0.25, 0.3) is 5.91 Å². The minimum Gasteiger partial charge on any atom is -0.493 e. The molecule has 0 atom stereocenters. The van der Waals surface area contributed by atoms with Crippen molar-refractivity contribution in [2.45, 2.75) is 45.1 Å². The number of benzene rings is 1. The average molecular weight is 354 g/mol. The summed E-state index contributed by atoms with van der Waals surface area (Å²) in [5, 5.41) is 13.4. The van der Waals surface area contributed by atoms with Crippen LogP contribution in [0.4, 0.5) is 5.69 Å². The quantitative estimate of drug-likeness (QED) is 0.770. The van der Waals surface area contributed by atoms with Crippen LogP contribution in [-0.2, 0) is 13.0 Å². The number of anilines is 1. The fourth-order valence-corrected chi connectivity index (χ4v) is 3.81. The van der Waals surface area contributed by atoms with Gasteiger partial charge in [-0.25, -0.2) is 0 Å². The number of ether oxygens (including phenoxy) is 1. The number of aromatic nitrogens is 2. The predicted molar refractivity (Wildman–Crippen MR) is 100 cm³/mol. The molecular weight excluding hydrogens is 328 g/mol. The molecule has 4 rings (SSSR count). The van der Waals surface area contributed by atoms with Crippen LogP contribution in [0, 0.1) is 5.92 Å². The van der Waals surface area contributed by atoms with Crippen molar-refractivity contribution in [3.8, 4) is 5.75 Å². The van der Waals surface area contributed by atoms with Crippen LogP contribution in [0.2, 0.25) is 0 Å². The van der Waals surface area contributed by atoms with E-state index in [1.165, 1.54) is 32.1 Å². The van der Waals surface area contributed by atoms with Gasteiger partial charge in [0.2, 0.25) is 0 Å². The first-order chi connectivity index (χ1) is 12.8. The lowest BCUT2D eigenvalue weighted by atomic mass is 9.90. The number of carbonyl (C=O) groups excluding carboxylic acids is 1. The Labute approximate surface area is 153 Å². The van der Waals surface area contributed by atoms with Gasteiger partial charge in [-0.3, -0.25) is 9.89 Å². The molecule has 1 saturated carbocycles. The van der Waals surface area contributed by atoms with Gasteiger partial charge < -0.3 is 15.4 Å². The molecule has 1 aliphatic heterocycles. The molecule has 6 heteroatoms. The number of rotatable bonds is 5. The van der Waals surface area contributed by atoms with Crippen molar-refractivity contribution in [2.75, 3.05) is 18.5 Å². The van der Waals surface area contributed by atoms with Gasteiger partial charge in [0, 0.05) is 36.5 Å². The second-order valence-electron chi connectivity index (χ2n) is 7.25. The van der Waals surface area contributed by atoms with Crippen LogP contribution in [0.25, 0.3) is 0 Å². The molecule has 0 radical (unpaired) electrons. The minimum absolute atomic E-state index is 0.179. The maximum Gasteiger partial charge on any atom is 0.276 e. The third-order valence-corrected chi connectivity index (χ3v) is 5.34. The Morgan fingerprint density at radius 1 is 1.19 bits per heavy atom. The zero-order valence-electron chi connectivity index (χ0n) is 15.0. The van der Waals surface area contributed by atoms with Gasteiger partial charge in [0.1, 0.15) is 5.75 Å². The largest absolute Gasteiger partial charge is 0.493 e. The Morgan fingerprint density at radius 2 is 2.00 bits per heavy atom. The third kappa shape index (κ3) is 3.90. The van der Waals surface area contributed by atoms with Crippen LogP contribution in [-0.4, -0.2) is 29.3 Å². The maximum absolute atomic E-state index is 12.5. The summed E-state index contributed by atoms with van der Waals surface area (Å²) in [6.45, 7) is 2.39. The van der Waals surface area contributed by atoms with Gasteiger partial charge in [-0.15, -0.1) is 0 Å². The summed E-state index contributed by atoms with van der Waals surface area (Å²) < 4.78 is 5.91. The van der Waals surface area contributed by atoms with Crippen LogP contribution in [0.15, 0.2) is 24.3 Å². The molecule has 1 aliphatic carbocycles. The van der Waals surface area contributed by atoms with Crippen LogP contribution >= 0.6 is 0 Å². The molecule has 1 fully saturated rings. The van der Waals surface area contributed by atoms with E-state index in [1.807, 2.05) is 24.3 Å². The number of H-pyrrole nitrogens is 1. The fraction of sp³-hybridized carbons (Fsp3) is 0.500. The van der Waals surface area contributed by atoms with Crippen molar-refractivity contribution in [3.63, 3.8) is 0 Å². The molecule has 0 spiro atoms. The van der Waals surface area contributed by atoms with Crippen molar-refractivity contribution in [1.82, 2.24) is 15.5 Å². The lowest BCUT2D eigenvalue weighted by molar-refractivity contribution is 0.102. The Balaban J connectivity index is 1.33. The number of nitrogens with zero attached hydrogens (tertiary/aromatic N) is 1. The summed E-state index contributed by atoms with van der Waals surface area (Å²) in [5.41, 5.74) is 3.26. The summed E-state index contributed by atoms with van der Waals surface area (Å²) in [4.78, 5) is 12.5. The summed E-state index contributed by atoms with van der Waals surface area (Å²) in [6, 6.07) is 7.59. The van der Waals surface area contributed by atoms with E-state index in [0.717, 1.165) is 42.3 Å².